The van der Waals surface area contributed by atoms with E-state index in [1.807, 2.05) is 37.3 Å². The molecule has 0 saturated carbocycles. The molecule has 4 heteroatoms. The van der Waals surface area contributed by atoms with Crippen LogP contribution in [0.25, 0.3) is 0 Å². The van der Waals surface area contributed by atoms with E-state index in [-0.39, 0.29) is 11.8 Å². The van der Waals surface area contributed by atoms with E-state index < -0.39 is 0 Å². The molecule has 21 heavy (non-hydrogen) atoms. The summed E-state index contributed by atoms with van der Waals surface area (Å²) in [7, 11) is 0. The molecule has 0 bridgehead atoms. The van der Waals surface area contributed by atoms with Gasteiger partial charge in [0.05, 0.1) is 0 Å². The Balaban J connectivity index is 0.000000315. The zero-order valence-corrected chi connectivity index (χ0v) is 12.8. The van der Waals surface area contributed by atoms with E-state index in [1.165, 1.54) is 5.56 Å². The van der Waals surface area contributed by atoms with Crippen LogP contribution in [-0.4, -0.2) is 12.7 Å². The average molecular weight is 289 g/mol. The van der Waals surface area contributed by atoms with Crippen LogP contribution in [-0.2, 0) is 11.2 Å². The SMILES string of the molecule is CC(C)C(N)=O.CC=CC=CCc1ccc2c(c1)OCO2. The molecule has 4 nitrogen and oxygen atoms in total. The number of primary amides is 1. The fourth-order valence-corrected chi connectivity index (χ4v) is 1.46. The number of benzene rings is 1. The van der Waals surface area contributed by atoms with Crippen molar-refractivity contribution in [3.05, 3.63) is 48.1 Å². The minimum Gasteiger partial charge on any atom is -0.454 e. The van der Waals surface area contributed by atoms with Gasteiger partial charge in [-0.1, -0.05) is 44.2 Å². The summed E-state index contributed by atoms with van der Waals surface area (Å²) >= 11 is 0. The van der Waals surface area contributed by atoms with Crippen LogP contribution < -0.4 is 15.2 Å². The van der Waals surface area contributed by atoms with Gasteiger partial charge in [-0.2, -0.15) is 0 Å². The number of carbonyl (C=O) groups is 1. The van der Waals surface area contributed by atoms with Crippen LogP contribution in [0.5, 0.6) is 11.5 Å². The maximum absolute atomic E-state index is 9.92. The predicted molar refractivity (Wildman–Crippen MR) is 84.3 cm³/mol. The lowest BCUT2D eigenvalue weighted by Crippen LogP contribution is -2.17. The molecule has 1 aliphatic rings. The van der Waals surface area contributed by atoms with Crippen molar-refractivity contribution in [3.8, 4) is 11.5 Å². The fraction of sp³-hybridized carbons (Fsp3) is 0.353. The number of allylic oxidation sites excluding steroid dienone is 4. The molecule has 1 amide bonds. The normalized spacial score (nSPS) is 12.8. The first-order chi connectivity index (χ1) is 10.0. The van der Waals surface area contributed by atoms with Gasteiger partial charge in [-0.3, -0.25) is 4.79 Å². The van der Waals surface area contributed by atoms with Gasteiger partial charge in [0, 0.05) is 5.92 Å². The van der Waals surface area contributed by atoms with Crippen molar-refractivity contribution in [2.24, 2.45) is 11.7 Å². The van der Waals surface area contributed by atoms with Gasteiger partial charge >= 0.3 is 0 Å². The lowest BCUT2D eigenvalue weighted by atomic mass is 10.1. The minimum atomic E-state index is -0.241. The summed E-state index contributed by atoms with van der Waals surface area (Å²) in [5.41, 5.74) is 6.03. The Morgan fingerprint density at radius 1 is 1.29 bits per heavy atom. The van der Waals surface area contributed by atoms with Crippen LogP contribution in [0.3, 0.4) is 0 Å². The van der Waals surface area contributed by atoms with Crippen LogP contribution in [0, 0.1) is 5.92 Å². The summed E-state index contributed by atoms with van der Waals surface area (Å²) in [4.78, 5) is 9.92. The van der Waals surface area contributed by atoms with Crippen molar-refractivity contribution in [3.63, 3.8) is 0 Å². The molecule has 0 saturated heterocycles. The number of rotatable bonds is 4. The number of nitrogens with two attached hydrogens (primary N) is 1. The van der Waals surface area contributed by atoms with Gasteiger partial charge in [0.15, 0.2) is 11.5 Å². The summed E-state index contributed by atoms with van der Waals surface area (Å²) in [5.74, 6) is 1.45. The molecule has 2 N–H and O–H groups in total. The van der Waals surface area contributed by atoms with Gasteiger partial charge in [0.2, 0.25) is 12.7 Å². The van der Waals surface area contributed by atoms with Crippen LogP contribution in [0.1, 0.15) is 26.3 Å². The highest BCUT2D eigenvalue weighted by molar-refractivity contribution is 5.75. The Hall–Kier alpha value is -2.23. The molecule has 0 atom stereocenters. The lowest BCUT2D eigenvalue weighted by Gasteiger charge is -1.98. The van der Waals surface area contributed by atoms with Gasteiger partial charge in [-0.15, -0.1) is 0 Å². The van der Waals surface area contributed by atoms with Crippen molar-refractivity contribution in [2.45, 2.75) is 27.2 Å². The average Bonchev–Trinajstić information content (AvgIpc) is 2.91. The molecule has 0 radical (unpaired) electrons. The van der Waals surface area contributed by atoms with Crippen LogP contribution in [0.15, 0.2) is 42.5 Å². The Labute approximate surface area is 126 Å². The largest absolute Gasteiger partial charge is 0.454 e. The molecular formula is C17H23NO3. The van der Waals surface area contributed by atoms with E-state index in [1.54, 1.807) is 13.8 Å². The molecule has 1 aromatic rings. The number of hydrogen-bond donors (Lipinski definition) is 1. The third-order valence-corrected chi connectivity index (χ3v) is 2.80. The second-order valence-electron chi connectivity index (χ2n) is 4.90. The maximum atomic E-state index is 9.92. The highest BCUT2D eigenvalue weighted by Crippen LogP contribution is 2.32. The van der Waals surface area contributed by atoms with Crippen LogP contribution in [0.4, 0.5) is 0 Å². The zero-order valence-electron chi connectivity index (χ0n) is 12.8. The smallest absolute Gasteiger partial charge is 0.231 e. The summed E-state index contributed by atoms with van der Waals surface area (Å²) < 4.78 is 10.6. The number of amides is 1. The van der Waals surface area contributed by atoms with Gasteiger partial charge in [-0.05, 0) is 31.0 Å². The minimum absolute atomic E-state index is 0.00926. The first-order valence-corrected chi connectivity index (χ1v) is 7.00. The molecule has 114 valence electrons. The van der Waals surface area contributed by atoms with Crippen molar-refractivity contribution in [1.29, 1.82) is 0 Å². The van der Waals surface area contributed by atoms with Gasteiger partial charge in [0.25, 0.3) is 0 Å². The van der Waals surface area contributed by atoms with Crippen LogP contribution >= 0.6 is 0 Å². The monoisotopic (exact) mass is 289 g/mol. The maximum Gasteiger partial charge on any atom is 0.231 e. The zero-order chi connectivity index (χ0) is 15.7. The molecule has 2 rings (SSSR count). The van der Waals surface area contributed by atoms with Gasteiger partial charge < -0.3 is 15.2 Å². The van der Waals surface area contributed by atoms with Gasteiger partial charge in [-0.25, -0.2) is 0 Å². The Morgan fingerprint density at radius 3 is 2.57 bits per heavy atom. The van der Waals surface area contributed by atoms with E-state index >= 15 is 0 Å². The van der Waals surface area contributed by atoms with E-state index in [2.05, 4.69) is 12.1 Å². The second-order valence-corrected chi connectivity index (χ2v) is 4.90. The second kappa shape index (κ2) is 8.84. The fourth-order valence-electron chi connectivity index (χ4n) is 1.46. The first kappa shape index (κ1) is 16.8. The summed E-state index contributed by atoms with van der Waals surface area (Å²) in [6, 6.07) is 6.05. The third kappa shape index (κ3) is 6.17. The number of fused-ring (bicyclic) bond motifs is 1. The molecule has 0 aromatic heterocycles. The number of carbonyl (C=O) groups excluding carboxylic acids is 1. The Morgan fingerprint density at radius 2 is 1.95 bits per heavy atom. The summed E-state index contributed by atoms with van der Waals surface area (Å²) in [6.07, 6.45) is 9.12. The summed E-state index contributed by atoms with van der Waals surface area (Å²) in [5, 5.41) is 0. The first-order valence-electron chi connectivity index (χ1n) is 7.00. The van der Waals surface area contributed by atoms with Crippen molar-refractivity contribution in [2.75, 3.05) is 6.79 Å². The molecule has 1 heterocycles. The highest BCUT2D eigenvalue weighted by atomic mass is 16.7. The molecule has 0 spiro atoms. The number of ether oxygens (including phenoxy) is 2. The Kier molecular flexibility index (Phi) is 7.09. The van der Waals surface area contributed by atoms with Crippen molar-refractivity contribution in [1.82, 2.24) is 0 Å². The van der Waals surface area contributed by atoms with E-state index in [0.29, 0.717) is 6.79 Å². The van der Waals surface area contributed by atoms with Crippen molar-refractivity contribution >= 4 is 5.91 Å². The lowest BCUT2D eigenvalue weighted by molar-refractivity contribution is -0.120. The van der Waals surface area contributed by atoms with Crippen molar-refractivity contribution < 1.29 is 14.3 Å². The quantitative estimate of drug-likeness (QED) is 0.866. The molecule has 0 unspecified atom stereocenters. The topological polar surface area (TPSA) is 61.6 Å². The molecule has 1 aromatic carbocycles. The molecule has 0 fully saturated rings. The molecule has 1 aliphatic heterocycles. The van der Waals surface area contributed by atoms with Crippen LogP contribution in [0.2, 0.25) is 0 Å². The summed E-state index contributed by atoms with van der Waals surface area (Å²) in [6.45, 7) is 5.88. The number of hydrogen-bond acceptors (Lipinski definition) is 3. The molecular weight excluding hydrogens is 266 g/mol. The standard InChI is InChI=1S/C13H14O2.C4H9NO/c1-2-3-4-5-6-11-7-8-12-13(9-11)15-10-14-12;1-3(2)4(5)6/h2-5,7-9H,6,10H2,1H3;3H,1-2H3,(H2,5,6). The van der Waals surface area contributed by atoms with E-state index in [4.69, 9.17) is 15.2 Å². The predicted octanol–water partition coefficient (Wildman–Crippen LogP) is 3.22. The van der Waals surface area contributed by atoms with E-state index in [9.17, 15) is 4.79 Å². The van der Waals surface area contributed by atoms with E-state index in [0.717, 1.165) is 17.9 Å². The molecule has 0 aliphatic carbocycles. The Bertz CT molecular complexity index is 519. The van der Waals surface area contributed by atoms with Gasteiger partial charge in [0.1, 0.15) is 0 Å². The third-order valence-electron chi connectivity index (χ3n) is 2.80. The highest BCUT2D eigenvalue weighted by Gasteiger charge is 2.12.